The summed E-state index contributed by atoms with van der Waals surface area (Å²) in [5, 5.41) is 1.10. The molecule has 0 N–H and O–H groups in total. The van der Waals surface area contributed by atoms with Crippen LogP contribution >= 0.6 is 10.5 Å². The molecule has 0 atom stereocenters. The summed E-state index contributed by atoms with van der Waals surface area (Å²) in [4.78, 5) is 4.98. The summed E-state index contributed by atoms with van der Waals surface area (Å²) < 4.78 is 5.49. The van der Waals surface area contributed by atoms with Crippen molar-refractivity contribution in [1.29, 1.82) is 0 Å². The predicted octanol–water partition coefficient (Wildman–Crippen LogP) is 5.86. The van der Waals surface area contributed by atoms with Gasteiger partial charge in [0.1, 0.15) is 0 Å². The van der Waals surface area contributed by atoms with Crippen LogP contribution in [0.1, 0.15) is 27.7 Å². The van der Waals surface area contributed by atoms with Crippen LogP contribution in [0.2, 0.25) is 39.3 Å². The SMILES string of the molecule is CC(C)CN=c1cccccc1[N](CC(C)C)[Ge](=[S])[N]([Si](C)(C)C)[Si](C)(C)C. The molecule has 0 spiro atoms. The number of rotatable bonds is 9. The molecule has 3 nitrogen and oxygen atoms in total. The molecule has 0 saturated heterocycles. The summed E-state index contributed by atoms with van der Waals surface area (Å²) in [5.74, 6) is 1.12. The van der Waals surface area contributed by atoms with Gasteiger partial charge in [-0.05, 0) is 0 Å². The number of hydrogen-bond donors (Lipinski definition) is 0. The molecule has 0 aromatic heterocycles. The summed E-state index contributed by atoms with van der Waals surface area (Å²) >= 11 is -2.11. The summed E-state index contributed by atoms with van der Waals surface area (Å²) in [7, 11) is 3.43. The van der Waals surface area contributed by atoms with Crippen molar-refractivity contribution in [2.75, 3.05) is 16.9 Å². The van der Waals surface area contributed by atoms with Gasteiger partial charge in [-0.25, -0.2) is 0 Å². The molecule has 1 rings (SSSR count). The van der Waals surface area contributed by atoms with Crippen molar-refractivity contribution in [1.82, 2.24) is 3.19 Å². The number of hydrogen-bond acceptors (Lipinski definition) is 2. The van der Waals surface area contributed by atoms with Gasteiger partial charge < -0.3 is 0 Å². The van der Waals surface area contributed by atoms with E-state index in [9.17, 15) is 0 Å². The molecule has 1 aromatic rings. The van der Waals surface area contributed by atoms with Crippen LogP contribution < -0.4 is 9.21 Å². The summed E-state index contributed by atoms with van der Waals surface area (Å²) in [6.45, 7) is 25.7. The van der Waals surface area contributed by atoms with Gasteiger partial charge in [0.25, 0.3) is 0 Å². The van der Waals surface area contributed by atoms with Gasteiger partial charge >= 0.3 is 185 Å². The standard InChI is InChI=1S/C21H41GeN3SSi2/c1-18(2)16-23-20-14-12-11-13-15-21(20)24(17-19(3)4)22(26)25(27(5,6)7)28(8,9)10/h11-15,18-19H,16-17H2,1-10H3. The monoisotopic (exact) mass is 497 g/mol. The molecule has 158 valence electrons. The Kier molecular flexibility index (Phi) is 9.77. The van der Waals surface area contributed by atoms with Gasteiger partial charge in [0.2, 0.25) is 0 Å². The molecule has 0 bridgehead atoms. The molecule has 0 amide bonds. The van der Waals surface area contributed by atoms with Gasteiger partial charge in [-0.1, -0.05) is 0 Å². The summed E-state index contributed by atoms with van der Waals surface area (Å²) in [6, 6.07) is 10.8. The molecule has 0 saturated carbocycles. The molecular weight excluding hydrogens is 455 g/mol. The second-order valence-corrected chi connectivity index (χ2v) is 27.4. The van der Waals surface area contributed by atoms with E-state index in [1.807, 2.05) is 0 Å². The van der Waals surface area contributed by atoms with Gasteiger partial charge in [0.05, 0.1) is 0 Å². The first kappa shape index (κ1) is 25.7. The van der Waals surface area contributed by atoms with Crippen molar-refractivity contribution >= 4 is 45.8 Å². The molecular formula is C21H41GeN3SSi2. The zero-order valence-electron chi connectivity index (χ0n) is 19.7. The normalized spacial score (nSPS) is 13.2. The maximum absolute atomic E-state index is 6.45. The van der Waals surface area contributed by atoms with Crippen LogP contribution in [0, 0.1) is 11.8 Å². The first-order valence-corrected chi connectivity index (χ1v) is 22.2. The Morgan fingerprint density at radius 3 is 1.89 bits per heavy atom. The van der Waals surface area contributed by atoms with Gasteiger partial charge in [-0.15, -0.1) is 0 Å². The van der Waals surface area contributed by atoms with Crippen LogP contribution in [0.15, 0.2) is 35.3 Å². The quantitative estimate of drug-likeness (QED) is 0.399. The average Bonchev–Trinajstić information content (AvgIpc) is 2.72. The fourth-order valence-corrected chi connectivity index (χ4v) is 33.1. The van der Waals surface area contributed by atoms with E-state index in [0.29, 0.717) is 11.8 Å². The van der Waals surface area contributed by atoms with Crippen LogP contribution in [0.3, 0.4) is 0 Å². The molecule has 0 unspecified atom stereocenters. The van der Waals surface area contributed by atoms with Crippen LogP contribution in [-0.2, 0) is 0 Å². The van der Waals surface area contributed by atoms with Crippen molar-refractivity contribution in [3.05, 3.63) is 35.7 Å². The Hall–Kier alpha value is -0.313. The molecule has 7 heteroatoms. The fraction of sp³-hybridized carbons (Fsp3) is 0.667. The Morgan fingerprint density at radius 1 is 0.893 bits per heavy atom. The van der Waals surface area contributed by atoms with Crippen LogP contribution in [0.5, 0.6) is 0 Å². The third-order valence-corrected chi connectivity index (χ3v) is 28.0. The van der Waals surface area contributed by atoms with E-state index in [-0.39, 0.29) is 0 Å². The topological polar surface area (TPSA) is 18.8 Å². The second-order valence-electron chi connectivity index (χ2n) is 10.4. The Bertz CT molecular complexity index is 710. The van der Waals surface area contributed by atoms with E-state index >= 15 is 0 Å². The van der Waals surface area contributed by atoms with E-state index in [1.165, 1.54) is 5.69 Å². The van der Waals surface area contributed by atoms with Crippen molar-refractivity contribution in [2.45, 2.75) is 67.0 Å². The zero-order valence-corrected chi connectivity index (χ0v) is 24.6. The first-order chi connectivity index (χ1) is 12.7. The minimum absolute atomic E-state index is 0.552. The molecule has 1 aromatic carbocycles. The summed E-state index contributed by atoms with van der Waals surface area (Å²) in [5.41, 5.74) is 1.24. The third-order valence-electron chi connectivity index (χ3n) is 4.22. The number of nitrogens with zero attached hydrogens (tertiary/aromatic N) is 3. The van der Waals surface area contributed by atoms with E-state index in [2.05, 4.69) is 104 Å². The van der Waals surface area contributed by atoms with Crippen molar-refractivity contribution < 1.29 is 0 Å². The zero-order chi connectivity index (χ0) is 21.7. The van der Waals surface area contributed by atoms with Crippen LogP contribution in [-0.4, -0.2) is 45.9 Å². The molecule has 0 aliphatic heterocycles. The van der Waals surface area contributed by atoms with Crippen molar-refractivity contribution in [3.63, 3.8) is 0 Å². The molecule has 0 aliphatic carbocycles. The maximum atomic E-state index is 6.45. The third kappa shape index (κ3) is 7.84. The Balaban J connectivity index is 3.63. The predicted molar refractivity (Wildman–Crippen MR) is 136 cm³/mol. The van der Waals surface area contributed by atoms with Gasteiger partial charge in [-0.3, -0.25) is 0 Å². The molecule has 0 heterocycles. The Morgan fingerprint density at radius 2 is 1.43 bits per heavy atom. The second kappa shape index (κ2) is 10.6. The minimum atomic E-state index is -2.11. The molecule has 28 heavy (non-hydrogen) atoms. The van der Waals surface area contributed by atoms with Crippen molar-refractivity contribution in [3.8, 4) is 0 Å². The van der Waals surface area contributed by atoms with Gasteiger partial charge in [0, 0.05) is 0 Å². The van der Waals surface area contributed by atoms with Crippen LogP contribution in [0.25, 0.3) is 0 Å². The van der Waals surface area contributed by atoms with Crippen molar-refractivity contribution in [2.24, 2.45) is 16.8 Å². The first-order valence-electron chi connectivity index (χ1n) is 10.5. The summed E-state index contributed by atoms with van der Waals surface area (Å²) in [6.07, 6.45) is 0. The van der Waals surface area contributed by atoms with E-state index < -0.39 is 29.6 Å². The van der Waals surface area contributed by atoms with Gasteiger partial charge in [0.15, 0.2) is 0 Å². The van der Waals surface area contributed by atoms with Gasteiger partial charge in [-0.2, -0.15) is 0 Å². The number of anilines is 1. The molecule has 0 radical (unpaired) electrons. The van der Waals surface area contributed by atoms with E-state index in [0.717, 1.165) is 18.4 Å². The Labute approximate surface area is 184 Å². The van der Waals surface area contributed by atoms with E-state index in [4.69, 9.17) is 15.4 Å². The fourth-order valence-electron chi connectivity index (χ4n) is 3.52. The molecule has 0 aliphatic rings. The average molecular weight is 496 g/mol. The van der Waals surface area contributed by atoms with E-state index in [1.54, 1.807) is 0 Å². The molecule has 0 fully saturated rings. The van der Waals surface area contributed by atoms with Crippen LogP contribution in [0.4, 0.5) is 5.69 Å².